The quantitative estimate of drug-likeness (QED) is 0.777. The summed E-state index contributed by atoms with van der Waals surface area (Å²) in [6, 6.07) is 6.16. The summed E-state index contributed by atoms with van der Waals surface area (Å²) in [5, 5.41) is 3.14. The lowest BCUT2D eigenvalue weighted by molar-refractivity contribution is -0.117. The van der Waals surface area contributed by atoms with Gasteiger partial charge in [-0.15, -0.1) is 0 Å². The number of amides is 1. The predicted molar refractivity (Wildman–Crippen MR) is 65.8 cm³/mol. The van der Waals surface area contributed by atoms with Gasteiger partial charge >= 0.3 is 0 Å². The molecule has 1 N–H and O–H groups in total. The molecule has 1 fully saturated rings. The van der Waals surface area contributed by atoms with Gasteiger partial charge in [0.05, 0.1) is 6.54 Å². The Hall–Kier alpha value is -1.35. The molecule has 86 valence electrons. The molecule has 3 heteroatoms. The van der Waals surface area contributed by atoms with Crippen molar-refractivity contribution in [1.82, 2.24) is 5.32 Å². The molecule has 0 radical (unpaired) electrons. The molecule has 0 spiro atoms. The van der Waals surface area contributed by atoms with Crippen molar-refractivity contribution in [1.29, 1.82) is 0 Å². The van der Waals surface area contributed by atoms with Gasteiger partial charge in [-0.25, -0.2) is 0 Å². The molecule has 0 bridgehead atoms. The van der Waals surface area contributed by atoms with Gasteiger partial charge in [0.2, 0.25) is 5.91 Å². The van der Waals surface area contributed by atoms with Crippen LogP contribution < -0.4 is 10.2 Å². The minimum absolute atomic E-state index is 0.176. The molecule has 1 amide bonds. The van der Waals surface area contributed by atoms with Crippen LogP contribution in [0, 0.1) is 13.8 Å². The van der Waals surface area contributed by atoms with Gasteiger partial charge in [-0.2, -0.15) is 0 Å². The van der Waals surface area contributed by atoms with E-state index in [0.29, 0.717) is 6.54 Å². The number of hydrogen-bond donors (Lipinski definition) is 1. The zero-order valence-electron chi connectivity index (χ0n) is 9.92. The van der Waals surface area contributed by atoms with Crippen LogP contribution in [0.15, 0.2) is 18.2 Å². The Kier molecular flexibility index (Phi) is 3.25. The van der Waals surface area contributed by atoms with Crippen molar-refractivity contribution in [2.24, 2.45) is 0 Å². The fourth-order valence-electron chi connectivity index (χ4n) is 2.25. The Balaban J connectivity index is 2.37. The Bertz CT molecular complexity index is 381. The van der Waals surface area contributed by atoms with Crippen molar-refractivity contribution < 1.29 is 4.79 Å². The Morgan fingerprint density at radius 1 is 1.25 bits per heavy atom. The summed E-state index contributed by atoms with van der Waals surface area (Å²) in [4.78, 5) is 13.9. The van der Waals surface area contributed by atoms with Gasteiger partial charge in [0.25, 0.3) is 0 Å². The first-order valence-corrected chi connectivity index (χ1v) is 5.77. The second kappa shape index (κ2) is 4.66. The molecule has 16 heavy (non-hydrogen) atoms. The van der Waals surface area contributed by atoms with Crippen molar-refractivity contribution in [2.45, 2.75) is 20.3 Å². The first kappa shape index (κ1) is 11.1. The van der Waals surface area contributed by atoms with E-state index in [1.165, 1.54) is 11.1 Å². The Labute approximate surface area is 96.5 Å². The first-order chi connectivity index (χ1) is 7.70. The summed E-state index contributed by atoms with van der Waals surface area (Å²) >= 11 is 0. The number of nitrogens with zero attached hydrogens (tertiary/aromatic N) is 1. The van der Waals surface area contributed by atoms with Crippen LogP contribution in [0.3, 0.4) is 0 Å². The molecule has 0 aliphatic carbocycles. The largest absolute Gasteiger partial charge is 0.311 e. The molecule has 0 saturated carbocycles. The van der Waals surface area contributed by atoms with E-state index in [0.717, 1.165) is 25.2 Å². The van der Waals surface area contributed by atoms with Gasteiger partial charge in [-0.3, -0.25) is 4.79 Å². The van der Waals surface area contributed by atoms with Crippen molar-refractivity contribution in [3.63, 3.8) is 0 Å². The zero-order chi connectivity index (χ0) is 11.5. The Morgan fingerprint density at radius 3 is 2.62 bits per heavy atom. The maximum absolute atomic E-state index is 12.0. The van der Waals surface area contributed by atoms with Gasteiger partial charge in [-0.1, -0.05) is 18.2 Å². The average molecular weight is 218 g/mol. The summed E-state index contributed by atoms with van der Waals surface area (Å²) in [5.41, 5.74) is 3.45. The molecule has 1 aliphatic rings. The smallest absolute Gasteiger partial charge is 0.240 e. The lowest BCUT2D eigenvalue weighted by Gasteiger charge is -2.24. The van der Waals surface area contributed by atoms with Gasteiger partial charge in [-0.05, 0) is 37.9 Å². The van der Waals surface area contributed by atoms with E-state index < -0.39 is 0 Å². The van der Waals surface area contributed by atoms with Gasteiger partial charge < -0.3 is 10.2 Å². The SMILES string of the molecule is Cc1cccc(C)c1N1CCCNCC1=O. The van der Waals surface area contributed by atoms with Crippen LogP contribution in [-0.4, -0.2) is 25.5 Å². The van der Waals surface area contributed by atoms with Crippen molar-refractivity contribution in [3.8, 4) is 0 Å². The second-order valence-electron chi connectivity index (χ2n) is 4.32. The molecule has 1 aromatic carbocycles. The van der Waals surface area contributed by atoms with E-state index >= 15 is 0 Å². The fourth-order valence-corrected chi connectivity index (χ4v) is 2.25. The van der Waals surface area contributed by atoms with Gasteiger partial charge in [0.1, 0.15) is 0 Å². The monoisotopic (exact) mass is 218 g/mol. The third-order valence-electron chi connectivity index (χ3n) is 3.02. The molecule has 1 heterocycles. The van der Waals surface area contributed by atoms with Crippen LogP contribution in [0.4, 0.5) is 5.69 Å². The molecular formula is C13H18N2O. The average Bonchev–Trinajstić information content (AvgIpc) is 2.44. The third kappa shape index (κ3) is 2.09. The van der Waals surface area contributed by atoms with Gasteiger partial charge in [0, 0.05) is 12.2 Å². The molecule has 0 atom stereocenters. The summed E-state index contributed by atoms with van der Waals surface area (Å²) in [6.45, 7) is 6.32. The molecule has 1 aromatic rings. The molecule has 1 saturated heterocycles. The van der Waals surface area contributed by atoms with Crippen LogP contribution in [0.25, 0.3) is 0 Å². The number of carbonyl (C=O) groups excluding carboxylic acids is 1. The maximum atomic E-state index is 12.0. The normalized spacial score (nSPS) is 17.4. The number of nitrogens with one attached hydrogen (secondary N) is 1. The van der Waals surface area contributed by atoms with E-state index in [1.807, 2.05) is 11.0 Å². The molecular weight excluding hydrogens is 200 g/mol. The number of carbonyl (C=O) groups is 1. The first-order valence-electron chi connectivity index (χ1n) is 5.77. The molecule has 0 aromatic heterocycles. The Morgan fingerprint density at radius 2 is 1.94 bits per heavy atom. The minimum Gasteiger partial charge on any atom is -0.311 e. The van der Waals surface area contributed by atoms with Gasteiger partial charge in [0.15, 0.2) is 0 Å². The van der Waals surface area contributed by atoms with Crippen LogP contribution in [0.5, 0.6) is 0 Å². The van der Waals surface area contributed by atoms with E-state index in [1.54, 1.807) is 0 Å². The van der Waals surface area contributed by atoms with E-state index in [9.17, 15) is 4.79 Å². The number of anilines is 1. The molecule has 0 unspecified atom stereocenters. The third-order valence-corrected chi connectivity index (χ3v) is 3.02. The van der Waals surface area contributed by atoms with E-state index in [4.69, 9.17) is 0 Å². The number of rotatable bonds is 1. The minimum atomic E-state index is 0.176. The summed E-state index contributed by atoms with van der Waals surface area (Å²) in [6.07, 6.45) is 1.01. The summed E-state index contributed by atoms with van der Waals surface area (Å²) in [7, 11) is 0. The highest BCUT2D eigenvalue weighted by molar-refractivity contribution is 5.96. The number of aryl methyl sites for hydroxylation is 2. The molecule has 2 rings (SSSR count). The number of para-hydroxylation sites is 1. The number of benzene rings is 1. The van der Waals surface area contributed by atoms with Crippen LogP contribution in [0.2, 0.25) is 0 Å². The topological polar surface area (TPSA) is 32.3 Å². The van der Waals surface area contributed by atoms with Crippen molar-refractivity contribution in [2.75, 3.05) is 24.5 Å². The fraction of sp³-hybridized carbons (Fsp3) is 0.462. The predicted octanol–water partition coefficient (Wildman–Crippen LogP) is 1.63. The van der Waals surface area contributed by atoms with Crippen molar-refractivity contribution in [3.05, 3.63) is 29.3 Å². The molecule has 3 nitrogen and oxygen atoms in total. The zero-order valence-corrected chi connectivity index (χ0v) is 9.92. The maximum Gasteiger partial charge on any atom is 0.240 e. The summed E-state index contributed by atoms with van der Waals surface area (Å²) in [5.74, 6) is 0.176. The van der Waals surface area contributed by atoms with Crippen LogP contribution in [-0.2, 0) is 4.79 Å². The second-order valence-corrected chi connectivity index (χ2v) is 4.32. The van der Waals surface area contributed by atoms with Crippen LogP contribution >= 0.6 is 0 Å². The lowest BCUT2D eigenvalue weighted by Crippen LogP contribution is -2.35. The van der Waals surface area contributed by atoms with E-state index in [-0.39, 0.29) is 5.91 Å². The highest BCUT2D eigenvalue weighted by Crippen LogP contribution is 2.25. The van der Waals surface area contributed by atoms with Crippen LogP contribution in [0.1, 0.15) is 17.5 Å². The van der Waals surface area contributed by atoms with E-state index in [2.05, 4.69) is 31.3 Å². The summed E-state index contributed by atoms with van der Waals surface area (Å²) < 4.78 is 0. The number of hydrogen-bond acceptors (Lipinski definition) is 2. The van der Waals surface area contributed by atoms with Crippen molar-refractivity contribution >= 4 is 11.6 Å². The standard InChI is InChI=1S/C13H18N2O/c1-10-5-3-6-11(2)13(10)15-8-4-7-14-9-12(15)16/h3,5-6,14H,4,7-9H2,1-2H3. The lowest BCUT2D eigenvalue weighted by atomic mass is 10.1. The highest BCUT2D eigenvalue weighted by Gasteiger charge is 2.20. The molecule has 1 aliphatic heterocycles. The highest BCUT2D eigenvalue weighted by atomic mass is 16.2.